The SMILES string of the molecule is CCCN(CC(=O)OCC)c1nccc(C)c1C#N. The molecule has 1 heterocycles. The Morgan fingerprint density at radius 2 is 2.26 bits per heavy atom. The van der Waals surface area contributed by atoms with Crippen LogP contribution in [0.5, 0.6) is 0 Å². The molecule has 1 rings (SSSR count). The highest BCUT2D eigenvalue weighted by Crippen LogP contribution is 2.20. The fraction of sp³-hybridized carbons (Fsp3) is 0.500. The molecule has 0 amide bonds. The van der Waals surface area contributed by atoms with E-state index in [1.165, 1.54) is 0 Å². The maximum Gasteiger partial charge on any atom is 0.325 e. The Hall–Kier alpha value is -2.09. The number of aromatic nitrogens is 1. The van der Waals surface area contributed by atoms with Crippen molar-refractivity contribution in [2.45, 2.75) is 27.2 Å². The zero-order chi connectivity index (χ0) is 14.3. The number of aryl methyl sites for hydroxylation is 1. The number of anilines is 1. The van der Waals surface area contributed by atoms with E-state index in [-0.39, 0.29) is 12.5 Å². The molecular weight excluding hydrogens is 242 g/mol. The van der Waals surface area contributed by atoms with Crippen molar-refractivity contribution in [3.8, 4) is 6.07 Å². The highest BCUT2D eigenvalue weighted by atomic mass is 16.5. The van der Waals surface area contributed by atoms with Crippen LogP contribution in [0.15, 0.2) is 12.3 Å². The van der Waals surface area contributed by atoms with Gasteiger partial charge in [0, 0.05) is 12.7 Å². The molecule has 0 aliphatic heterocycles. The van der Waals surface area contributed by atoms with E-state index in [4.69, 9.17) is 4.74 Å². The molecule has 0 unspecified atom stereocenters. The molecule has 0 aromatic carbocycles. The molecule has 0 atom stereocenters. The monoisotopic (exact) mass is 261 g/mol. The summed E-state index contributed by atoms with van der Waals surface area (Å²) in [5.74, 6) is 0.251. The van der Waals surface area contributed by atoms with Crippen molar-refractivity contribution in [3.05, 3.63) is 23.4 Å². The first kappa shape index (κ1) is 15.0. The summed E-state index contributed by atoms with van der Waals surface area (Å²) >= 11 is 0. The molecular formula is C14H19N3O2. The van der Waals surface area contributed by atoms with Gasteiger partial charge in [-0.3, -0.25) is 4.79 Å². The minimum Gasteiger partial charge on any atom is -0.465 e. The number of carbonyl (C=O) groups is 1. The third-order valence-electron chi connectivity index (χ3n) is 2.67. The van der Waals surface area contributed by atoms with E-state index in [0.29, 0.717) is 24.5 Å². The third-order valence-corrected chi connectivity index (χ3v) is 2.67. The Labute approximate surface area is 113 Å². The fourth-order valence-corrected chi connectivity index (χ4v) is 1.81. The van der Waals surface area contributed by atoms with Gasteiger partial charge in [0.1, 0.15) is 18.4 Å². The van der Waals surface area contributed by atoms with Crippen LogP contribution in [0.4, 0.5) is 5.82 Å². The molecule has 1 aromatic heterocycles. The zero-order valence-corrected chi connectivity index (χ0v) is 11.6. The molecule has 0 aliphatic rings. The van der Waals surface area contributed by atoms with Gasteiger partial charge in [-0.2, -0.15) is 5.26 Å². The highest BCUT2D eigenvalue weighted by molar-refractivity contribution is 5.76. The van der Waals surface area contributed by atoms with Gasteiger partial charge in [0.15, 0.2) is 0 Å². The van der Waals surface area contributed by atoms with Gasteiger partial charge in [-0.05, 0) is 31.9 Å². The van der Waals surface area contributed by atoms with Gasteiger partial charge in [-0.1, -0.05) is 6.92 Å². The molecule has 19 heavy (non-hydrogen) atoms. The van der Waals surface area contributed by atoms with Gasteiger partial charge in [0.25, 0.3) is 0 Å². The predicted octanol–water partition coefficient (Wildman–Crippen LogP) is 2.04. The van der Waals surface area contributed by atoms with Gasteiger partial charge in [-0.15, -0.1) is 0 Å². The van der Waals surface area contributed by atoms with Crippen molar-refractivity contribution >= 4 is 11.8 Å². The van der Waals surface area contributed by atoms with E-state index in [0.717, 1.165) is 12.0 Å². The minimum absolute atomic E-state index is 0.118. The molecule has 0 saturated heterocycles. The largest absolute Gasteiger partial charge is 0.465 e. The van der Waals surface area contributed by atoms with Gasteiger partial charge >= 0.3 is 5.97 Å². The number of nitriles is 1. The lowest BCUT2D eigenvalue weighted by atomic mass is 10.1. The summed E-state index contributed by atoms with van der Waals surface area (Å²) in [4.78, 5) is 17.6. The Balaban J connectivity index is 3.02. The second-order valence-corrected chi connectivity index (χ2v) is 4.16. The second kappa shape index (κ2) is 7.37. The number of carbonyl (C=O) groups excluding carboxylic acids is 1. The lowest BCUT2D eigenvalue weighted by Gasteiger charge is -2.23. The summed E-state index contributed by atoms with van der Waals surface area (Å²) in [5.41, 5.74) is 1.37. The number of rotatable bonds is 6. The fourth-order valence-electron chi connectivity index (χ4n) is 1.81. The van der Waals surface area contributed by atoms with Crippen molar-refractivity contribution in [3.63, 3.8) is 0 Å². The smallest absolute Gasteiger partial charge is 0.325 e. The van der Waals surface area contributed by atoms with Gasteiger partial charge in [0.2, 0.25) is 0 Å². The van der Waals surface area contributed by atoms with Crippen LogP contribution in [0.25, 0.3) is 0 Å². The van der Waals surface area contributed by atoms with Crippen molar-refractivity contribution in [1.82, 2.24) is 4.98 Å². The minimum atomic E-state index is -0.303. The lowest BCUT2D eigenvalue weighted by Crippen LogP contribution is -2.33. The average molecular weight is 261 g/mol. The molecule has 5 heteroatoms. The van der Waals surface area contributed by atoms with E-state index < -0.39 is 0 Å². The number of ether oxygens (including phenoxy) is 1. The first-order valence-corrected chi connectivity index (χ1v) is 6.40. The number of hydrogen-bond acceptors (Lipinski definition) is 5. The molecule has 0 aliphatic carbocycles. The van der Waals surface area contributed by atoms with Crippen LogP contribution < -0.4 is 4.90 Å². The molecule has 5 nitrogen and oxygen atoms in total. The number of hydrogen-bond donors (Lipinski definition) is 0. The van der Waals surface area contributed by atoms with Gasteiger partial charge in [0.05, 0.1) is 12.2 Å². The van der Waals surface area contributed by atoms with Crippen LogP contribution >= 0.6 is 0 Å². The van der Waals surface area contributed by atoms with Crippen LogP contribution in [0, 0.1) is 18.3 Å². The van der Waals surface area contributed by atoms with E-state index in [1.54, 1.807) is 24.1 Å². The van der Waals surface area contributed by atoms with E-state index in [1.807, 2.05) is 13.8 Å². The van der Waals surface area contributed by atoms with Crippen LogP contribution in [-0.2, 0) is 9.53 Å². The van der Waals surface area contributed by atoms with Gasteiger partial charge in [-0.25, -0.2) is 4.98 Å². The summed E-state index contributed by atoms with van der Waals surface area (Å²) in [7, 11) is 0. The third kappa shape index (κ3) is 3.95. The van der Waals surface area contributed by atoms with E-state index in [9.17, 15) is 10.1 Å². The van der Waals surface area contributed by atoms with Crippen molar-refractivity contribution < 1.29 is 9.53 Å². The average Bonchev–Trinajstić information content (AvgIpc) is 2.38. The molecule has 1 aromatic rings. The number of esters is 1. The van der Waals surface area contributed by atoms with Crippen LogP contribution in [0.3, 0.4) is 0 Å². The van der Waals surface area contributed by atoms with Crippen molar-refractivity contribution in [2.24, 2.45) is 0 Å². The summed E-state index contributed by atoms with van der Waals surface area (Å²) in [5, 5.41) is 9.22. The maximum absolute atomic E-state index is 11.6. The maximum atomic E-state index is 11.6. The predicted molar refractivity (Wildman–Crippen MR) is 72.8 cm³/mol. The number of pyridine rings is 1. The first-order chi connectivity index (χ1) is 9.13. The standard InChI is InChI=1S/C14H19N3O2/c1-4-8-17(10-13(18)19-5-2)14-12(9-15)11(3)6-7-16-14/h6-7H,4-5,8,10H2,1-3H3. The molecule has 0 saturated carbocycles. The Kier molecular flexibility index (Phi) is 5.80. The normalized spacial score (nSPS) is 9.79. The second-order valence-electron chi connectivity index (χ2n) is 4.16. The summed E-state index contributed by atoms with van der Waals surface area (Å²) in [6, 6.07) is 3.94. The summed E-state index contributed by atoms with van der Waals surface area (Å²) in [6.45, 7) is 6.77. The molecule has 0 fully saturated rings. The molecule has 0 radical (unpaired) electrons. The zero-order valence-electron chi connectivity index (χ0n) is 11.6. The Morgan fingerprint density at radius 3 is 2.84 bits per heavy atom. The van der Waals surface area contributed by atoms with E-state index >= 15 is 0 Å². The lowest BCUT2D eigenvalue weighted by molar-refractivity contribution is -0.141. The summed E-state index contributed by atoms with van der Waals surface area (Å²) < 4.78 is 4.95. The van der Waals surface area contributed by atoms with Crippen LogP contribution in [0.2, 0.25) is 0 Å². The molecule has 0 bridgehead atoms. The first-order valence-electron chi connectivity index (χ1n) is 6.40. The summed E-state index contributed by atoms with van der Waals surface area (Å²) in [6.07, 6.45) is 2.51. The Morgan fingerprint density at radius 1 is 1.53 bits per heavy atom. The quantitative estimate of drug-likeness (QED) is 0.733. The van der Waals surface area contributed by atoms with Crippen LogP contribution in [-0.4, -0.2) is 30.6 Å². The molecule has 0 spiro atoms. The number of nitrogens with zero attached hydrogens (tertiary/aromatic N) is 3. The topological polar surface area (TPSA) is 66.2 Å². The van der Waals surface area contributed by atoms with Crippen molar-refractivity contribution in [1.29, 1.82) is 5.26 Å². The van der Waals surface area contributed by atoms with E-state index in [2.05, 4.69) is 11.1 Å². The van der Waals surface area contributed by atoms with Gasteiger partial charge < -0.3 is 9.64 Å². The highest BCUT2D eigenvalue weighted by Gasteiger charge is 2.17. The van der Waals surface area contributed by atoms with Crippen LogP contribution in [0.1, 0.15) is 31.4 Å². The molecule has 0 N–H and O–H groups in total. The Bertz CT molecular complexity index is 480. The molecule has 102 valence electrons. The van der Waals surface area contributed by atoms with Crippen molar-refractivity contribution in [2.75, 3.05) is 24.6 Å².